The van der Waals surface area contributed by atoms with Crippen molar-refractivity contribution >= 4 is 5.97 Å². The van der Waals surface area contributed by atoms with Crippen LogP contribution in [0.5, 0.6) is 0 Å². The fourth-order valence-electron chi connectivity index (χ4n) is 3.41. The lowest BCUT2D eigenvalue weighted by molar-refractivity contribution is -0.143. The van der Waals surface area contributed by atoms with E-state index in [1.54, 1.807) is 18.3 Å². The van der Waals surface area contributed by atoms with Crippen LogP contribution in [0.2, 0.25) is 0 Å². The Hall–Kier alpha value is -2.27. The molecule has 24 heavy (non-hydrogen) atoms. The van der Waals surface area contributed by atoms with Crippen LogP contribution >= 0.6 is 0 Å². The highest BCUT2D eigenvalue weighted by atomic mass is 19.1. The molecule has 2 heterocycles. The van der Waals surface area contributed by atoms with Gasteiger partial charge in [0.05, 0.1) is 17.7 Å². The summed E-state index contributed by atoms with van der Waals surface area (Å²) in [6, 6.07) is 10.1. The normalized spacial score (nSPS) is 19.8. The predicted octanol–water partition coefficient (Wildman–Crippen LogP) is 3.42. The third-order valence-electron chi connectivity index (χ3n) is 4.66. The zero-order valence-electron chi connectivity index (χ0n) is 13.7. The van der Waals surface area contributed by atoms with Gasteiger partial charge in [-0.3, -0.25) is 14.7 Å². The molecule has 1 aliphatic rings. The lowest BCUT2D eigenvalue weighted by atomic mass is 9.92. The van der Waals surface area contributed by atoms with Crippen LogP contribution in [-0.2, 0) is 4.79 Å². The number of aryl methyl sites for hydroxylation is 1. The number of halogens is 1. The highest BCUT2D eigenvalue weighted by molar-refractivity contribution is 5.70. The van der Waals surface area contributed by atoms with Gasteiger partial charge in [0.1, 0.15) is 5.82 Å². The Kier molecular flexibility index (Phi) is 4.90. The van der Waals surface area contributed by atoms with Gasteiger partial charge in [0.2, 0.25) is 0 Å². The first kappa shape index (κ1) is 16.6. The van der Waals surface area contributed by atoms with Gasteiger partial charge in [0.25, 0.3) is 0 Å². The van der Waals surface area contributed by atoms with E-state index in [0.717, 1.165) is 29.8 Å². The molecule has 1 aromatic heterocycles. The van der Waals surface area contributed by atoms with Crippen molar-refractivity contribution in [3.63, 3.8) is 0 Å². The molecule has 1 fully saturated rings. The van der Waals surface area contributed by atoms with Gasteiger partial charge in [0, 0.05) is 12.7 Å². The maximum atomic E-state index is 13.3. The van der Waals surface area contributed by atoms with Gasteiger partial charge < -0.3 is 5.11 Å². The summed E-state index contributed by atoms with van der Waals surface area (Å²) in [6.07, 6.45) is 3.28. The maximum absolute atomic E-state index is 13.3. The average Bonchev–Trinajstić information content (AvgIpc) is 2.59. The van der Waals surface area contributed by atoms with Gasteiger partial charge in [-0.15, -0.1) is 0 Å². The molecule has 2 aromatic rings. The molecule has 1 aromatic carbocycles. The number of aliphatic carboxylic acids is 1. The fourth-order valence-corrected chi connectivity index (χ4v) is 3.41. The van der Waals surface area contributed by atoms with Crippen molar-refractivity contribution in [1.82, 2.24) is 9.88 Å². The second kappa shape index (κ2) is 7.09. The number of carbonyl (C=O) groups is 1. The van der Waals surface area contributed by atoms with E-state index in [0.29, 0.717) is 13.0 Å². The molecule has 126 valence electrons. The molecule has 0 spiro atoms. The van der Waals surface area contributed by atoms with E-state index in [9.17, 15) is 14.3 Å². The number of aromatic nitrogens is 1. The van der Waals surface area contributed by atoms with Gasteiger partial charge in [-0.1, -0.05) is 18.2 Å². The first-order chi connectivity index (χ1) is 11.6. The Balaban J connectivity index is 2.00. The Morgan fingerprint density at radius 3 is 2.75 bits per heavy atom. The molecule has 1 aliphatic heterocycles. The number of rotatable bonds is 4. The van der Waals surface area contributed by atoms with Crippen molar-refractivity contribution in [3.8, 4) is 0 Å². The van der Waals surface area contributed by atoms with E-state index >= 15 is 0 Å². The second-order valence-electron chi connectivity index (χ2n) is 6.33. The summed E-state index contributed by atoms with van der Waals surface area (Å²) >= 11 is 0. The standard InChI is InChI=1S/C19H21FN2O2/c1-13-4-2-10-21-17(13)18(14-6-8-16(20)9-7-14)22-11-3-5-15(12-22)19(23)24/h2,4,6-10,15,18H,3,5,11-12H2,1H3,(H,23,24). The van der Waals surface area contributed by atoms with Crippen LogP contribution < -0.4 is 0 Å². The largest absolute Gasteiger partial charge is 0.481 e. The Morgan fingerprint density at radius 2 is 2.08 bits per heavy atom. The quantitative estimate of drug-likeness (QED) is 0.934. The summed E-state index contributed by atoms with van der Waals surface area (Å²) in [6.45, 7) is 3.28. The molecule has 0 radical (unpaired) electrons. The van der Waals surface area contributed by atoms with Crippen LogP contribution in [0.25, 0.3) is 0 Å². The predicted molar refractivity (Wildman–Crippen MR) is 89.1 cm³/mol. The van der Waals surface area contributed by atoms with Crippen LogP contribution in [0, 0.1) is 18.7 Å². The molecule has 1 saturated heterocycles. The van der Waals surface area contributed by atoms with Crippen molar-refractivity contribution in [2.75, 3.05) is 13.1 Å². The maximum Gasteiger partial charge on any atom is 0.307 e. The molecule has 4 nitrogen and oxygen atoms in total. The smallest absolute Gasteiger partial charge is 0.307 e. The highest BCUT2D eigenvalue weighted by Crippen LogP contribution is 2.33. The molecule has 1 N–H and O–H groups in total. The molecule has 0 bridgehead atoms. The number of carboxylic acids is 1. The molecule has 2 unspecified atom stereocenters. The number of hydrogen-bond donors (Lipinski definition) is 1. The SMILES string of the molecule is Cc1cccnc1C(c1ccc(F)cc1)N1CCCC(C(=O)O)C1. The van der Waals surface area contributed by atoms with Crippen molar-refractivity contribution in [2.24, 2.45) is 5.92 Å². The van der Waals surface area contributed by atoms with Crippen molar-refractivity contribution in [1.29, 1.82) is 0 Å². The number of hydrogen-bond acceptors (Lipinski definition) is 3. The highest BCUT2D eigenvalue weighted by Gasteiger charge is 2.32. The molecular weight excluding hydrogens is 307 g/mol. The fraction of sp³-hybridized carbons (Fsp3) is 0.368. The number of benzene rings is 1. The molecule has 3 rings (SSSR count). The van der Waals surface area contributed by atoms with Crippen LogP contribution in [-0.4, -0.2) is 34.0 Å². The first-order valence-corrected chi connectivity index (χ1v) is 8.20. The van der Waals surface area contributed by atoms with Crippen molar-refractivity contribution < 1.29 is 14.3 Å². The third kappa shape index (κ3) is 3.46. The van der Waals surface area contributed by atoms with E-state index in [4.69, 9.17) is 0 Å². The van der Waals surface area contributed by atoms with Crippen molar-refractivity contribution in [2.45, 2.75) is 25.8 Å². The summed E-state index contributed by atoms with van der Waals surface area (Å²) in [5.41, 5.74) is 2.88. The minimum Gasteiger partial charge on any atom is -0.481 e. The van der Waals surface area contributed by atoms with E-state index < -0.39 is 5.97 Å². The Morgan fingerprint density at radius 1 is 1.33 bits per heavy atom. The monoisotopic (exact) mass is 328 g/mol. The number of carboxylic acid groups (broad SMARTS) is 1. The van der Waals surface area contributed by atoms with E-state index in [-0.39, 0.29) is 17.8 Å². The van der Waals surface area contributed by atoms with Crippen LogP contribution in [0.3, 0.4) is 0 Å². The van der Waals surface area contributed by atoms with Gasteiger partial charge in [-0.2, -0.15) is 0 Å². The summed E-state index contributed by atoms with van der Waals surface area (Å²) in [5, 5.41) is 9.38. The molecular formula is C19H21FN2O2. The molecule has 0 saturated carbocycles. The van der Waals surface area contributed by atoms with Crippen molar-refractivity contribution in [3.05, 3.63) is 65.2 Å². The van der Waals surface area contributed by atoms with E-state index in [1.165, 1.54) is 12.1 Å². The molecule has 0 amide bonds. The third-order valence-corrected chi connectivity index (χ3v) is 4.66. The molecule has 0 aliphatic carbocycles. The average molecular weight is 328 g/mol. The van der Waals surface area contributed by atoms with E-state index in [2.05, 4.69) is 9.88 Å². The number of nitrogens with zero attached hydrogens (tertiary/aromatic N) is 2. The minimum absolute atomic E-state index is 0.158. The number of likely N-dealkylation sites (tertiary alicyclic amines) is 1. The van der Waals surface area contributed by atoms with E-state index in [1.807, 2.05) is 19.1 Å². The molecule has 2 atom stereocenters. The van der Waals surface area contributed by atoms with Gasteiger partial charge in [-0.05, 0) is 55.6 Å². The summed E-state index contributed by atoms with van der Waals surface area (Å²) in [4.78, 5) is 18.1. The van der Waals surface area contributed by atoms with Gasteiger partial charge in [-0.25, -0.2) is 4.39 Å². The summed E-state index contributed by atoms with van der Waals surface area (Å²) < 4.78 is 13.3. The first-order valence-electron chi connectivity index (χ1n) is 8.20. The zero-order chi connectivity index (χ0) is 17.1. The summed E-state index contributed by atoms with van der Waals surface area (Å²) in [7, 11) is 0. The van der Waals surface area contributed by atoms with Crippen LogP contribution in [0.1, 0.15) is 35.7 Å². The Bertz CT molecular complexity index is 718. The van der Waals surface area contributed by atoms with Gasteiger partial charge >= 0.3 is 5.97 Å². The Labute approximate surface area is 141 Å². The van der Waals surface area contributed by atoms with Gasteiger partial charge in [0.15, 0.2) is 0 Å². The van der Waals surface area contributed by atoms with Crippen LogP contribution in [0.15, 0.2) is 42.6 Å². The lowest BCUT2D eigenvalue weighted by Gasteiger charge is -2.37. The van der Waals surface area contributed by atoms with Crippen LogP contribution in [0.4, 0.5) is 4.39 Å². The molecule has 5 heteroatoms. The minimum atomic E-state index is -0.754. The zero-order valence-corrected chi connectivity index (χ0v) is 13.7. The lowest BCUT2D eigenvalue weighted by Crippen LogP contribution is -2.41. The number of piperidine rings is 1. The number of pyridine rings is 1. The summed E-state index contributed by atoms with van der Waals surface area (Å²) in [5.74, 6) is -1.40. The topological polar surface area (TPSA) is 53.4 Å². The second-order valence-corrected chi connectivity index (χ2v) is 6.33.